The Morgan fingerprint density at radius 2 is 1.93 bits per heavy atom. The van der Waals surface area contributed by atoms with E-state index in [9.17, 15) is 4.79 Å². The first-order chi connectivity index (χ1) is 13.5. The highest BCUT2D eigenvalue weighted by molar-refractivity contribution is 5.76. The molecule has 28 heavy (non-hydrogen) atoms. The monoisotopic (exact) mass is 381 g/mol. The summed E-state index contributed by atoms with van der Waals surface area (Å²) in [6.07, 6.45) is 2.16. The largest absolute Gasteiger partial charge is 0.372 e. The average molecular weight is 381 g/mol. The summed E-state index contributed by atoms with van der Waals surface area (Å²) in [7, 11) is 0. The standard InChI is InChI=1S/C21H27N5O2/c1-16-13-18(24-20(22)23-16)25-10-8-21(9-11-25)15-26(19(27)7-12-28-21)14-17-5-3-2-4-6-17/h2-6,13H,7-12,14-15H2,1H3,(H2,22,23,24). The summed E-state index contributed by atoms with van der Waals surface area (Å²) < 4.78 is 6.25. The second kappa shape index (κ2) is 7.75. The highest BCUT2D eigenvalue weighted by Crippen LogP contribution is 2.32. The van der Waals surface area contributed by atoms with Crippen LogP contribution in [0.3, 0.4) is 0 Å². The summed E-state index contributed by atoms with van der Waals surface area (Å²) in [5.41, 5.74) is 7.54. The van der Waals surface area contributed by atoms with Gasteiger partial charge in [0.2, 0.25) is 11.9 Å². The Kier molecular flexibility index (Phi) is 5.17. The zero-order chi connectivity index (χ0) is 19.6. The minimum atomic E-state index is -0.287. The maximum absolute atomic E-state index is 12.6. The zero-order valence-corrected chi connectivity index (χ0v) is 16.3. The Hall–Kier alpha value is -2.67. The van der Waals surface area contributed by atoms with Gasteiger partial charge in [-0.1, -0.05) is 30.3 Å². The molecular formula is C21H27N5O2. The minimum Gasteiger partial charge on any atom is -0.372 e. The predicted molar refractivity (Wildman–Crippen MR) is 108 cm³/mol. The van der Waals surface area contributed by atoms with Crippen LogP contribution in [0.5, 0.6) is 0 Å². The first-order valence-electron chi connectivity index (χ1n) is 9.85. The first-order valence-corrected chi connectivity index (χ1v) is 9.85. The van der Waals surface area contributed by atoms with Crippen LogP contribution in [-0.2, 0) is 16.1 Å². The number of anilines is 2. The fourth-order valence-corrected chi connectivity index (χ4v) is 4.12. The third kappa shape index (κ3) is 4.09. The van der Waals surface area contributed by atoms with Crippen LogP contribution < -0.4 is 10.6 Å². The van der Waals surface area contributed by atoms with E-state index in [1.807, 2.05) is 36.1 Å². The molecule has 1 aromatic heterocycles. The van der Waals surface area contributed by atoms with Crippen molar-refractivity contribution in [3.05, 3.63) is 47.7 Å². The maximum atomic E-state index is 12.6. The fourth-order valence-electron chi connectivity index (χ4n) is 4.12. The van der Waals surface area contributed by atoms with E-state index in [1.165, 1.54) is 0 Å². The number of carbonyl (C=O) groups is 1. The lowest BCUT2D eigenvalue weighted by Gasteiger charge is -2.43. The number of hydrogen-bond acceptors (Lipinski definition) is 6. The van der Waals surface area contributed by atoms with Gasteiger partial charge in [-0.3, -0.25) is 4.79 Å². The van der Waals surface area contributed by atoms with Gasteiger partial charge in [0.1, 0.15) is 5.82 Å². The van der Waals surface area contributed by atoms with Gasteiger partial charge in [0.15, 0.2) is 0 Å². The van der Waals surface area contributed by atoms with Gasteiger partial charge >= 0.3 is 0 Å². The number of ether oxygens (including phenoxy) is 1. The van der Waals surface area contributed by atoms with Crippen molar-refractivity contribution >= 4 is 17.7 Å². The van der Waals surface area contributed by atoms with Crippen molar-refractivity contribution in [1.29, 1.82) is 0 Å². The zero-order valence-electron chi connectivity index (χ0n) is 16.3. The maximum Gasteiger partial charge on any atom is 0.225 e. The molecule has 0 saturated carbocycles. The van der Waals surface area contributed by atoms with Crippen LogP contribution in [0.1, 0.15) is 30.5 Å². The van der Waals surface area contributed by atoms with E-state index in [1.54, 1.807) is 0 Å². The molecular weight excluding hydrogens is 354 g/mol. The molecule has 2 fully saturated rings. The van der Waals surface area contributed by atoms with Gasteiger partial charge in [-0.25, -0.2) is 4.98 Å². The second-order valence-electron chi connectivity index (χ2n) is 7.73. The fraction of sp³-hybridized carbons (Fsp3) is 0.476. The van der Waals surface area contributed by atoms with Gasteiger partial charge in [0.05, 0.1) is 25.2 Å². The molecule has 148 valence electrons. The number of rotatable bonds is 3. The molecule has 0 unspecified atom stereocenters. The quantitative estimate of drug-likeness (QED) is 0.877. The smallest absolute Gasteiger partial charge is 0.225 e. The van der Waals surface area contributed by atoms with E-state index in [0.29, 0.717) is 32.1 Å². The SMILES string of the molecule is Cc1cc(N2CCC3(CC2)CN(Cc2ccccc2)C(=O)CCO3)nc(N)n1. The van der Waals surface area contributed by atoms with Crippen LogP contribution in [0, 0.1) is 6.92 Å². The van der Waals surface area contributed by atoms with Crippen LogP contribution in [-0.4, -0.2) is 52.6 Å². The van der Waals surface area contributed by atoms with Crippen LogP contribution in [0.25, 0.3) is 0 Å². The van der Waals surface area contributed by atoms with Crippen LogP contribution in [0.4, 0.5) is 11.8 Å². The summed E-state index contributed by atoms with van der Waals surface area (Å²) >= 11 is 0. The van der Waals surface area contributed by atoms with Crippen LogP contribution in [0.15, 0.2) is 36.4 Å². The lowest BCUT2D eigenvalue weighted by molar-refractivity contribution is -0.132. The minimum absolute atomic E-state index is 0.169. The van der Waals surface area contributed by atoms with Crippen LogP contribution in [0.2, 0.25) is 0 Å². The van der Waals surface area contributed by atoms with Crippen molar-refractivity contribution in [3.63, 3.8) is 0 Å². The Balaban J connectivity index is 1.46. The third-order valence-electron chi connectivity index (χ3n) is 5.63. The molecule has 0 aliphatic carbocycles. The summed E-state index contributed by atoms with van der Waals surface area (Å²) in [5.74, 6) is 1.34. The molecule has 1 aromatic carbocycles. The second-order valence-corrected chi connectivity index (χ2v) is 7.73. The topological polar surface area (TPSA) is 84.6 Å². The van der Waals surface area contributed by atoms with E-state index in [2.05, 4.69) is 27.0 Å². The first kappa shape index (κ1) is 18.7. The number of aromatic nitrogens is 2. The van der Waals surface area contributed by atoms with Crippen molar-refractivity contribution < 1.29 is 9.53 Å². The van der Waals surface area contributed by atoms with E-state index in [-0.39, 0.29) is 11.5 Å². The molecule has 0 bridgehead atoms. The molecule has 0 radical (unpaired) electrons. The molecule has 1 spiro atoms. The molecule has 2 aliphatic rings. The normalized spacial score (nSPS) is 19.7. The molecule has 3 heterocycles. The number of carbonyl (C=O) groups excluding carboxylic acids is 1. The Bertz CT molecular complexity index is 814. The summed E-state index contributed by atoms with van der Waals surface area (Å²) in [6.45, 7) is 5.33. The number of benzene rings is 1. The summed E-state index contributed by atoms with van der Waals surface area (Å²) in [5, 5.41) is 0. The van der Waals surface area contributed by atoms with Gasteiger partial charge in [0.25, 0.3) is 0 Å². The summed E-state index contributed by atoms with van der Waals surface area (Å²) in [4.78, 5) is 25.3. The summed E-state index contributed by atoms with van der Waals surface area (Å²) in [6, 6.07) is 12.1. The lowest BCUT2D eigenvalue weighted by atomic mass is 9.90. The van der Waals surface area contributed by atoms with Crippen LogP contribution >= 0.6 is 0 Å². The molecule has 7 heteroatoms. The number of aryl methyl sites for hydroxylation is 1. The number of hydrogen-bond donors (Lipinski definition) is 1. The van der Waals surface area contributed by atoms with Gasteiger partial charge in [-0.05, 0) is 25.3 Å². The number of amides is 1. The van der Waals surface area contributed by atoms with Gasteiger partial charge in [-0.2, -0.15) is 4.98 Å². The van der Waals surface area contributed by atoms with Crippen molar-refractivity contribution in [2.24, 2.45) is 0 Å². The Morgan fingerprint density at radius 1 is 1.18 bits per heavy atom. The number of nitrogens with two attached hydrogens (primary N) is 1. The number of piperidine rings is 1. The molecule has 2 aliphatic heterocycles. The predicted octanol–water partition coefficient (Wildman–Crippen LogP) is 2.16. The molecule has 4 rings (SSSR count). The molecule has 2 aromatic rings. The number of nitrogen functional groups attached to an aromatic ring is 1. The van der Waals surface area contributed by atoms with E-state index in [0.717, 1.165) is 43.0 Å². The van der Waals surface area contributed by atoms with Gasteiger partial charge < -0.3 is 20.3 Å². The van der Waals surface area contributed by atoms with Gasteiger partial charge in [-0.15, -0.1) is 0 Å². The molecule has 2 saturated heterocycles. The molecule has 0 atom stereocenters. The molecule has 1 amide bonds. The highest BCUT2D eigenvalue weighted by atomic mass is 16.5. The van der Waals surface area contributed by atoms with E-state index in [4.69, 9.17) is 10.5 Å². The Morgan fingerprint density at radius 3 is 2.64 bits per heavy atom. The highest BCUT2D eigenvalue weighted by Gasteiger charge is 2.40. The van der Waals surface area contributed by atoms with E-state index >= 15 is 0 Å². The number of nitrogens with zero attached hydrogens (tertiary/aromatic N) is 4. The lowest BCUT2D eigenvalue weighted by Crippen LogP contribution is -2.52. The average Bonchev–Trinajstić information content (AvgIpc) is 2.82. The third-order valence-corrected chi connectivity index (χ3v) is 5.63. The van der Waals surface area contributed by atoms with Crippen molar-refractivity contribution in [2.75, 3.05) is 36.9 Å². The molecule has 7 nitrogen and oxygen atoms in total. The van der Waals surface area contributed by atoms with Crippen molar-refractivity contribution in [2.45, 2.75) is 38.3 Å². The van der Waals surface area contributed by atoms with E-state index < -0.39 is 0 Å². The molecule has 2 N–H and O–H groups in total. The van der Waals surface area contributed by atoms with Crippen molar-refractivity contribution in [1.82, 2.24) is 14.9 Å². The Labute approximate surface area is 165 Å². The van der Waals surface area contributed by atoms with Crippen molar-refractivity contribution in [3.8, 4) is 0 Å². The van der Waals surface area contributed by atoms with Gasteiger partial charge in [0, 0.05) is 31.4 Å².